The average Bonchev–Trinajstić information content (AvgIpc) is 2.55. The van der Waals surface area contributed by atoms with Gasteiger partial charge in [0.25, 0.3) is 0 Å². The third-order valence-corrected chi connectivity index (χ3v) is 3.30. The van der Waals surface area contributed by atoms with Gasteiger partial charge in [0.2, 0.25) is 0 Å². The maximum atomic E-state index is 6.05. The molecule has 3 aromatic rings. The number of nitrogens with one attached hydrogen (secondary N) is 1. The van der Waals surface area contributed by atoms with Gasteiger partial charge in [-0.3, -0.25) is 4.98 Å². The third kappa shape index (κ3) is 1.55. The zero-order valence-electron chi connectivity index (χ0n) is 10.5. The molecule has 3 nitrogen and oxygen atoms in total. The summed E-state index contributed by atoms with van der Waals surface area (Å²) in [4.78, 5) is 4.56. The zero-order valence-corrected chi connectivity index (χ0v) is 10.5. The van der Waals surface area contributed by atoms with Crippen LogP contribution in [0.5, 0.6) is 11.5 Å². The molecule has 3 heteroatoms. The van der Waals surface area contributed by atoms with E-state index >= 15 is 0 Å². The summed E-state index contributed by atoms with van der Waals surface area (Å²) in [5, 5.41) is 4.45. The van der Waals surface area contributed by atoms with Crippen LogP contribution >= 0.6 is 0 Å². The van der Waals surface area contributed by atoms with E-state index in [0.29, 0.717) is 0 Å². The number of ether oxygens (including phenoxy) is 1. The predicted molar refractivity (Wildman–Crippen MR) is 76.3 cm³/mol. The number of anilines is 2. The Kier molecular flexibility index (Phi) is 2.03. The highest BCUT2D eigenvalue weighted by Gasteiger charge is 2.16. The number of pyridine rings is 1. The van der Waals surface area contributed by atoms with Gasteiger partial charge in [0.15, 0.2) is 5.75 Å². The normalized spacial score (nSPS) is 12.3. The van der Waals surface area contributed by atoms with Crippen molar-refractivity contribution >= 4 is 22.3 Å². The minimum absolute atomic E-state index is 0.839. The summed E-state index contributed by atoms with van der Waals surface area (Å²) in [5.41, 5.74) is 3.92. The van der Waals surface area contributed by atoms with Crippen LogP contribution in [0.2, 0.25) is 0 Å². The van der Waals surface area contributed by atoms with Gasteiger partial charge < -0.3 is 10.1 Å². The molecule has 1 aliphatic rings. The second-order valence-electron chi connectivity index (χ2n) is 4.68. The Balaban J connectivity index is 2.09. The van der Waals surface area contributed by atoms with Gasteiger partial charge in [-0.05, 0) is 31.2 Å². The Bertz CT molecular complexity index is 796. The monoisotopic (exact) mass is 248 g/mol. The van der Waals surface area contributed by atoms with Crippen LogP contribution < -0.4 is 10.1 Å². The second-order valence-corrected chi connectivity index (χ2v) is 4.68. The fraction of sp³-hybridized carbons (Fsp3) is 0.0625. The summed E-state index contributed by atoms with van der Waals surface area (Å²) in [6.45, 7) is 1.98. The molecule has 0 saturated carbocycles. The van der Waals surface area contributed by atoms with Crippen LogP contribution in [0.15, 0.2) is 48.5 Å². The summed E-state index contributed by atoms with van der Waals surface area (Å²) >= 11 is 0. The second kappa shape index (κ2) is 3.72. The van der Waals surface area contributed by atoms with Crippen molar-refractivity contribution in [3.8, 4) is 11.5 Å². The van der Waals surface area contributed by atoms with Crippen molar-refractivity contribution in [3.63, 3.8) is 0 Å². The Morgan fingerprint density at radius 1 is 0.947 bits per heavy atom. The number of fused-ring (bicyclic) bond motifs is 1. The number of hydrogen-bond acceptors (Lipinski definition) is 3. The summed E-state index contributed by atoms with van der Waals surface area (Å²) in [6, 6.07) is 16.0. The summed E-state index contributed by atoms with van der Waals surface area (Å²) < 4.78 is 6.05. The quantitative estimate of drug-likeness (QED) is 0.501. The number of hydrogen-bond donors (Lipinski definition) is 1. The molecule has 1 N–H and O–H groups in total. The standard InChI is InChI=1S/C16H12N2O/c1-10-9-15-16-12(17-10)6-4-7-13(16)18-11-5-2-3-8-14(11)19-15/h2-9,18H,1H3. The minimum Gasteiger partial charge on any atom is -0.454 e. The third-order valence-electron chi connectivity index (χ3n) is 3.30. The first kappa shape index (κ1) is 10.4. The lowest BCUT2D eigenvalue weighted by molar-refractivity contribution is 0.491. The van der Waals surface area contributed by atoms with Crippen LogP contribution in [0, 0.1) is 6.92 Å². The fourth-order valence-corrected chi connectivity index (χ4v) is 2.48. The van der Waals surface area contributed by atoms with Gasteiger partial charge >= 0.3 is 0 Å². The van der Waals surface area contributed by atoms with E-state index in [-0.39, 0.29) is 0 Å². The minimum atomic E-state index is 0.839. The van der Waals surface area contributed by atoms with Gasteiger partial charge in [-0.25, -0.2) is 0 Å². The largest absolute Gasteiger partial charge is 0.454 e. The molecule has 2 heterocycles. The molecule has 92 valence electrons. The van der Waals surface area contributed by atoms with Gasteiger partial charge in [0.1, 0.15) is 5.75 Å². The van der Waals surface area contributed by atoms with Crippen molar-refractivity contribution in [3.05, 3.63) is 54.2 Å². The first-order valence-electron chi connectivity index (χ1n) is 6.25. The van der Waals surface area contributed by atoms with E-state index < -0.39 is 0 Å². The lowest BCUT2D eigenvalue weighted by atomic mass is 10.1. The maximum absolute atomic E-state index is 6.05. The summed E-state index contributed by atoms with van der Waals surface area (Å²) in [6.07, 6.45) is 0. The molecular formula is C16H12N2O. The molecule has 0 unspecified atom stereocenters. The van der Waals surface area contributed by atoms with E-state index in [9.17, 15) is 0 Å². The number of aromatic nitrogens is 1. The molecule has 19 heavy (non-hydrogen) atoms. The van der Waals surface area contributed by atoms with E-state index in [0.717, 1.165) is 39.5 Å². The lowest BCUT2D eigenvalue weighted by Gasteiger charge is -2.08. The van der Waals surface area contributed by atoms with E-state index in [1.54, 1.807) is 0 Å². The molecule has 0 amide bonds. The SMILES string of the molecule is Cc1cc2c3c(cccc3n1)Nc1ccccc1O2. The molecule has 0 bridgehead atoms. The van der Waals surface area contributed by atoms with E-state index in [1.165, 1.54) is 0 Å². The van der Waals surface area contributed by atoms with Crippen LogP contribution in [-0.2, 0) is 0 Å². The Morgan fingerprint density at radius 2 is 1.79 bits per heavy atom. The van der Waals surface area contributed by atoms with Crippen molar-refractivity contribution < 1.29 is 4.74 Å². The van der Waals surface area contributed by atoms with Gasteiger partial charge in [-0.2, -0.15) is 0 Å². The maximum Gasteiger partial charge on any atom is 0.150 e. The Labute approximate surface area is 110 Å². The van der Waals surface area contributed by atoms with E-state index in [4.69, 9.17) is 4.74 Å². The van der Waals surface area contributed by atoms with Crippen LogP contribution in [0.1, 0.15) is 5.69 Å². The summed E-state index contributed by atoms with van der Waals surface area (Å²) in [7, 11) is 0. The van der Waals surface area contributed by atoms with Gasteiger partial charge in [0, 0.05) is 11.8 Å². The Morgan fingerprint density at radius 3 is 2.74 bits per heavy atom. The molecule has 1 aliphatic heterocycles. The van der Waals surface area contributed by atoms with Gasteiger partial charge in [0.05, 0.1) is 22.3 Å². The highest BCUT2D eigenvalue weighted by Crippen LogP contribution is 2.42. The molecular weight excluding hydrogens is 236 g/mol. The molecule has 0 aliphatic carbocycles. The van der Waals surface area contributed by atoms with Gasteiger partial charge in [-0.1, -0.05) is 18.2 Å². The van der Waals surface area contributed by atoms with Crippen LogP contribution in [0.25, 0.3) is 10.9 Å². The smallest absolute Gasteiger partial charge is 0.150 e. The number of nitrogens with zero attached hydrogens (tertiary/aromatic N) is 1. The average molecular weight is 248 g/mol. The predicted octanol–water partition coefficient (Wildman–Crippen LogP) is 4.39. The van der Waals surface area contributed by atoms with Crippen molar-refractivity contribution in [2.75, 3.05) is 5.32 Å². The first-order chi connectivity index (χ1) is 9.31. The van der Waals surface area contributed by atoms with Crippen molar-refractivity contribution in [2.24, 2.45) is 0 Å². The lowest BCUT2D eigenvalue weighted by Crippen LogP contribution is -1.90. The van der Waals surface area contributed by atoms with Crippen molar-refractivity contribution in [1.82, 2.24) is 4.98 Å². The van der Waals surface area contributed by atoms with Crippen LogP contribution in [0.4, 0.5) is 11.4 Å². The molecule has 0 saturated heterocycles. The first-order valence-corrected chi connectivity index (χ1v) is 6.25. The molecule has 0 radical (unpaired) electrons. The molecule has 0 spiro atoms. The number of rotatable bonds is 0. The fourth-order valence-electron chi connectivity index (χ4n) is 2.48. The highest BCUT2D eigenvalue weighted by molar-refractivity contribution is 5.99. The molecule has 2 aromatic carbocycles. The zero-order chi connectivity index (χ0) is 12.8. The number of aryl methyl sites for hydroxylation is 1. The Hall–Kier alpha value is -2.55. The highest BCUT2D eigenvalue weighted by atomic mass is 16.5. The topological polar surface area (TPSA) is 34.2 Å². The van der Waals surface area contributed by atoms with E-state index in [2.05, 4.69) is 10.3 Å². The molecule has 0 atom stereocenters. The molecule has 4 rings (SSSR count). The summed E-state index contributed by atoms with van der Waals surface area (Å²) in [5.74, 6) is 1.70. The van der Waals surface area contributed by atoms with E-state index in [1.807, 2.05) is 55.5 Å². The van der Waals surface area contributed by atoms with Gasteiger partial charge in [-0.15, -0.1) is 0 Å². The van der Waals surface area contributed by atoms with Crippen LogP contribution in [-0.4, -0.2) is 4.98 Å². The van der Waals surface area contributed by atoms with Crippen molar-refractivity contribution in [1.29, 1.82) is 0 Å². The number of benzene rings is 2. The van der Waals surface area contributed by atoms with Crippen molar-refractivity contribution in [2.45, 2.75) is 6.92 Å². The number of para-hydroxylation sites is 2. The molecule has 1 aromatic heterocycles. The molecule has 0 fully saturated rings. The van der Waals surface area contributed by atoms with Crippen LogP contribution in [0.3, 0.4) is 0 Å².